The largest absolute Gasteiger partial charge is 0.495 e. The second-order valence-electron chi connectivity index (χ2n) is 6.58. The number of carbonyl (C=O) groups is 1. The molecular weight excluding hydrogens is 406 g/mol. The van der Waals surface area contributed by atoms with Crippen LogP contribution in [0.5, 0.6) is 11.6 Å². The lowest BCUT2D eigenvalue weighted by Gasteiger charge is -2.20. The molecule has 1 aromatic heterocycles. The number of anilines is 1. The summed E-state index contributed by atoms with van der Waals surface area (Å²) in [7, 11) is -2.64. The Balaban J connectivity index is 1.67. The van der Waals surface area contributed by atoms with Crippen LogP contribution in [-0.2, 0) is 10.0 Å². The lowest BCUT2D eigenvalue weighted by Crippen LogP contribution is -2.36. The van der Waals surface area contributed by atoms with Gasteiger partial charge in [0.25, 0.3) is 15.9 Å². The quantitative estimate of drug-likeness (QED) is 0.811. The molecule has 148 valence electrons. The SMILES string of the molecule is COc1ccc(Cl)cc1S(=O)(=O)Nc1cnc2c(c1)C(=O)N1CCC[C@@H]1CO2. The summed E-state index contributed by atoms with van der Waals surface area (Å²) < 4.78 is 38.9. The Morgan fingerprint density at radius 1 is 1.36 bits per heavy atom. The molecule has 4 rings (SSSR count). The third-order valence-corrected chi connectivity index (χ3v) is 6.44. The molecule has 0 aliphatic carbocycles. The van der Waals surface area contributed by atoms with Crippen molar-refractivity contribution < 1.29 is 22.7 Å². The molecule has 0 unspecified atom stereocenters. The number of halogens is 1. The topological polar surface area (TPSA) is 97.8 Å². The third-order valence-electron chi connectivity index (χ3n) is 4.80. The van der Waals surface area contributed by atoms with E-state index < -0.39 is 10.0 Å². The number of rotatable bonds is 4. The zero-order valence-electron chi connectivity index (χ0n) is 15.0. The molecule has 2 aliphatic heterocycles. The summed E-state index contributed by atoms with van der Waals surface area (Å²) >= 11 is 5.94. The molecule has 2 aromatic rings. The van der Waals surface area contributed by atoms with Gasteiger partial charge in [0.15, 0.2) is 0 Å². The molecule has 1 fully saturated rings. The lowest BCUT2D eigenvalue weighted by atomic mass is 10.2. The van der Waals surface area contributed by atoms with Crippen molar-refractivity contribution in [2.75, 3.05) is 25.0 Å². The predicted molar refractivity (Wildman–Crippen MR) is 103 cm³/mol. The first-order chi connectivity index (χ1) is 13.4. The average Bonchev–Trinajstić information content (AvgIpc) is 3.10. The molecule has 28 heavy (non-hydrogen) atoms. The van der Waals surface area contributed by atoms with Crippen LogP contribution in [0.15, 0.2) is 35.4 Å². The number of pyridine rings is 1. The van der Waals surface area contributed by atoms with E-state index in [4.69, 9.17) is 21.1 Å². The number of methoxy groups -OCH3 is 1. The number of benzene rings is 1. The van der Waals surface area contributed by atoms with E-state index in [2.05, 4.69) is 9.71 Å². The van der Waals surface area contributed by atoms with Crippen molar-refractivity contribution in [1.82, 2.24) is 9.88 Å². The van der Waals surface area contributed by atoms with E-state index in [0.29, 0.717) is 13.2 Å². The van der Waals surface area contributed by atoms with Crippen LogP contribution in [0.2, 0.25) is 5.02 Å². The highest BCUT2D eigenvalue weighted by Gasteiger charge is 2.35. The van der Waals surface area contributed by atoms with Gasteiger partial charge in [-0.1, -0.05) is 11.6 Å². The van der Waals surface area contributed by atoms with Gasteiger partial charge >= 0.3 is 0 Å². The van der Waals surface area contributed by atoms with Gasteiger partial charge in [0, 0.05) is 11.6 Å². The number of ether oxygens (including phenoxy) is 2. The molecule has 10 heteroatoms. The Hall–Kier alpha value is -2.52. The highest BCUT2D eigenvalue weighted by atomic mass is 35.5. The highest BCUT2D eigenvalue weighted by molar-refractivity contribution is 7.92. The van der Waals surface area contributed by atoms with Gasteiger partial charge in [-0.15, -0.1) is 0 Å². The van der Waals surface area contributed by atoms with Crippen molar-refractivity contribution in [2.24, 2.45) is 0 Å². The second kappa shape index (κ2) is 7.14. The summed E-state index contributed by atoms with van der Waals surface area (Å²) in [4.78, 5) is 18.6. The summed E-state index contributed by atoms with van der Waals surface area (Å²) in [5, 5.41) is 0.255. The Kier molecular flexibility index (Phi) is 4.80. The van der Waals surface area contributed by atoms with Crippen LogP contribution in [0.3, 0.4) is 0 Å². The zero-order chi connectivity index (χ0) is 19.9. The van der Waals surface area contributed by atoms with Crippen LogP contribution >= 0.6 is 11.6 Å². The fourth-order valence-electron chi connectivity index (χ4n) is 3.45. The predicted octanol–water partition coefficient (Wildman–Crippen LogP) is 2.54. The summed E-state index contributed by atoms with van der Waals surface area (Å²) in [5.41, 5.74) is 0.387. The van der Waals surface area contributed by atoms with Gasteiger partial charge < -0.3 is 14.4 Å². The molecule has 8 nitrogen and oxygen atoms in total. The van der Waals surface area contributed by atoms with Gasteiger partial charge in [0.2, 0.25) is 5.88 Å². The number of fused-ring (bicyclic) bond motifs is 2. The van der Waals surface area contributed by atoms with Crippen molar-refractivity contribution in [3.63, 3.8) is 0 Å². The summed E-state index contributed by atoms with van der Waals surface area (Å²) in [5.74, 6) is 0.158. The number of hydrogen-bond acceptors (Lipinski definition) is 6. The van der Waals surface area contributed by atoms with Gasteiger partial charge in [-0.05, 0) is 37.1 Å². The fraction of sp³-hybridized carbons (Fsp3) is 0.333. The first kappa shape index (κ1) is 18.8. The van der Waals surface area contributed by atoms with Crippen molar-refractivity contribution in [3.8, 4) is 11.6 Å². The number of carbonyl (C=O) groups excluding carboxylic acids is 1. The van der Waals surface area contributed by atoms with Gasteiger partial charge in [0.05, 0.1) is 25.0 Å². The van der Waals surface area contributed by atoms with E-state index in [0.717, 1.165) is 12.8 Å². The molecule has 1 atom stereocenters. The summed E-state index contributed by atoms with van der Waals surface area (Å²) in [6.07, 6.45) is 3.12. The van der Waals surface area contributed by atoms with Crippen LogP contribution in [-0.4, -0.2) is 50.5 Å². The lowest BCUT2D eigenvalue weighted by molar-refractivity contribution is 0.0726. The standard InChI is InChI=1S/C18H18ClN3O5S/c1-26-15-5-4-11(19)7-16(15)28(24,25)21-12-8-14-17(20-9-12)27-10-13-3-2-6-22(13)18(14)23/h4-5,7-9,13,21H,2-3,6,10H2,1H3/t13-/m1/s1. The normalized spacial score (nSPS) is 18.7. The highest BCUT2D eigenvalue weighted by Crippen LogP contribution is 2.32. The molecule has 1 aromatic carbocycles. The molecule has 0 spiro atoms. The Morgan fingerprint density at radius 3 is 2.96 bits per heavy atom. The summed E-state index contributed by atoms with van der Waals surface area (Å²) in [6, 6.07) is 5.77. The van der Waals surface area contributed by atoms with E-state index >= 15 is 0 Å². The Labute approximate surface area is 167 Å². The van der Waals surface area contributed by atoms with Crippen molar-refractivity contribution in [1.29, 1.82) is 0 Å². The van der Waals surface area contributed by atoms with Crippen molar-refractivity contribution >= 4 is 33.2 Å². The van der Waals surface area contributed by atoms with Crippen LogP contribution in [0, 0.1) is 0 Å². The maximum Gasteiger partial charge on any atom is 0.265 e. The maximum atomic E-state index is 12.8. The molecule has 1 amide bonds. The van der Waals surface area contributed by atoms with E-state index in [1.807, 2.05) is 0 Å². The zero-order valence-corrected chi connectivity index (χ0v) is 16.6. The van der Waals surface area contributed by atoms with Crippen LogP contribution in [0.25, 0.3) is 0 Å². The average molecular weight is 424 g/mol. The minimum atomic E-state index is -4.01. The third kappa shape index (κ3) is 3.35. The number of nitrogens with one attached hydrogen (secondary N) is 1. The van der Waals surface area contributed by atoms with E-state index in [1.54, 1.807) is 4.90 Å². The Morgan fingerprint density at radius 2 is 2.18 bits per heavy atom. The van der Waals surface area contributed by atoms with Crippen molar-refractivity contribution in [2.45, 2.75) is 23.8 Å². The molecular formula is C18H18ClN3O5S. The Bertz CT molecular complexity index is 1040. The van der Waals surface area contributed by atoms with Crippen molar-refractivity contribution in [3.05, 3.63) is 41.0 Å². The molecule has 0 bridgehead atoms. The van der Waals surface area contributed by atoms with Crippen LogP contribution in [0.1, 0.15) is 23.2 Å². The molecule has 1 N–H and O–H groups in total. The monoisotopic (exact) mass is 423 g/mol. The fourth-order valence-corrected chi connectivity index (χ4v) is 4.92. The smallest absolute Gasteiger partial charge is 0.265 e. The second-order valence-corrected chi connectivity index (χ2v) is 8.67. The molecule has 0 radical (unpaired) electrons. The van der Waals surface area contributed by atoms with Gasteiger partial charge in [-0.2, -0.15) is 0 Å². The molecule has 3 heterocycles. The maximum absolute atomic E-state index is 12.8. The number of hydrogen-bond donors (Lipinski definition) is 1. The van der Waals surface area contributed by atoms with E-state index in [1.165, 1.54) is 37.6 Å². The molecule has 0 saturated carbocycles. The van der Waals surface area contributed by atoms with Gasteiger partial charge in [-0.25, -0.2) is 13.4 Å². The first-order valence-corrected chi connectivity index (χ1v) is 10.6. The van der Waals surface area contributed by atoms with Gasteiger partial charge in [-0.3, -0.25) is 9.52 Å². The first-order valence-electron chi connectivity index (χ1n) is 8.69. The van der Waals surface area contributed by atoms with Crippen LogP contribution in [0.4, 0.5) is 5.69 Å². The molecule has 2 aliphatic rings. The number of nitrogens with zero attached hydrogens (tertiary/aromatic N) is 2. The van der Waals surface area contributed by atoms with E-state index in [-0.39, 0.29) is 44.7 Å². The minimum Gasteiger partial charge on any atom is -0.495 e. The molecule has 1 saturated heterocycles. The van der Waals surface area contributed by atoms with E-state index in [9.17, 15) is 13.2 Å². The number of amides is 1. The van der Waals surface area contributed by atoms with Gasteiger partial charge in [0.1, 0.15) is 22.8 Å². The number of aromatic nitrogens is 1. The number of sulfonamides is 1. The minimum absolute atomic E-state index is 0.0255. The summed E-state index contributed by atoms with van der Waals surface area (Å²) in [6.45, 7) is 1.04. The van der Waals surface area contributed by atoms with Crippen LogP contribution < -0.4 is 14.2 Å².